The van der Waals surface area contributed by atoms with E-state index in [0.29, 0.717) is 21.6 Å². The van der Waals surface area contributed by atoms with Crippen molar-refractivity contribution in [1.29, 1.82) is 0 Å². The maximum absolute atomic E-state index is 13.3. The van der Waals surface area contributed by atoms with Gasteiger partial charge in [-0.15, -0.1) is 0 Å². The minimum Gasteiger partial charge on any atom is -0.496 e. The molecule has 4 saturated carbocycles. The number of methoxy groups -OCH3 is 1. The summed E-state index contributed by atoms with van der Waals surface area (Å²) in [5.74, 6) is 3.78. The smallest absolute Gasteiger partial charge is 0.161 e. The molecule has 0 heterocycles. The highest BCUT2D eigenvalue weighted by Gasteiger charge is 2.53. The SMILES string of the molecule is COc1ccc(/C=C/C(=O)C23CC4CC(CC(C4)C2)C3)cc1COc1c(Cl)cccc1Cl. The zero-order valence-corrected chi connectivity index (χ0v) is 19.8. The standard InChI is InChI=1S/C27H28Cl2O3/c1-31-24-7-5-17(12-21(24)16-32-26-22(28)3-2-4-23(26)29)6-8-25(30)27-13-18-9-19(14-27)11-20(10-18)15-27/h2-8,12,18-20H,9-11,13-16H2,1H3/b8-6+. The Labute approximate surface area is 199 Å². The first-order valence-corrected chi connectivity index (χ1v) is 12.2. The average Bonchev–Trinajstić information content (AvgIpc) is 2.76. The molecule has 5 heteroatoms. The van der Waals surface area contributed by atoms with Crippen molar-refractivity contribution in [3.63, 3.8) is 0 Å². The van der Waals surface area contributed by atoms with Gasteiger partial charge in [-0.2, -0.15) is 0 Å². The van der Waals surface area contributed by atoms with Gasteiger partial charge in [0.15, 0.2) is 11.5 Å². The second-order valence-electron chi connectivity index (χ2n) is 9.81. The summed E-state index contributed by atoms with van der Waals surface area (Å²) < 4.78 is 11.4. The summed E-state index contributed by atoms with van der Waals surface area (Å²) in [6, 6.07) is 11.1. The Hall–Kier alpha value is -1.97. The third-order valence-electron chi connectivity index (χ3n) is 7.58. The molecule has 0 saturated heterocycles. The molecular weight excluding hydrogens is 443 g/mol. The summed E-state index contributed by atoms with van der Waals surface area (Å²) >= 11 is 12.4. The Morgan fingerprint density at radius 3 is 2.25 bits per heavy atom. The third kappa shape index (κ3) is 4.18. The van der Waals surface area contributed by atoms with Crippen LogP contribution in [-0.4, -0.2) is 12.9 Å². The molecule has 0 spiro atoms. The molecule has 4 fully saturated rings. The van der Waals surface area contributed by atoms with Crippen LogP contribution < -0.4 is 9.47 Å². The largest absolute Gasteiger partial charge is 0.496 e. The second kappa shape index (κ2) is 8.76. The lowest BCUT2D eigenvalue weighted by Gasteiger charge is -2.55. The van der Waals surface area contributed by atoms with Gasteiger partial charge in [0.1, 0.15) is 12.4 Å². The number of halogens is 2. The molecule has 2 aromatic carbocycles. The molecular formula is C27H28Cl2O3. The van der Waals surface area contributed by atoms with Crippen molar-refractivity contribution in [2.24, 2.45) is 23.2 Å². The lowest BCUT2D eigenvalue weighted by Crippen LogP contribution is -2.49. The predicted octanol–water partition coefficient (Wildman–Crippen LogP) is 7.38. The van der Waals surface area contributed by atoms with E-state index in [1.807, 2.05) is 30.4 Å². The van der Waals surface area contributed by atoms with Crippen LogP contribution in [0.3, 0.4) is 0 Å². The first kappa shape index (κ1) is 21.9. The van der Waals surface area contributed by atoms with Gasteiger partial charge >= 0.3 is 0 Å². The molecule has 0 unspecified atom stereocenters. The lowest BCUT2D eigenvalue weighted by atomic mass is 9.48. The number of ether oxygens (including phenoxy) is 2. The van der Waals surface area contributed by atoms with Crippen LogP contribution in [-0.2, 0) is 11.4 Å². The zero-order valence-electron chi connectivity index (χ0n) is 18.3. The maximum Gasteiger partial charge on any atom is 0.161 e. The number of benzene rings is 2. The fraction of sp³-hybridized carbons (Fsp3) is 0.444. The van der Waals surface area contributed by atoms with Crippen LogP contribution in [0.1, 0.15) is 49.7 Å². The van der Waals surface area contributed by atoms with E-state index in [-0.39, 0.29) is 12.0 Å². The number of carbonyl (C=O) groups is 1. The highest BCUT2D eigenvalue weighted by atomic mass is 35.5. The monoisotopic (exact) mass is 470 g/mol. The number of rotatable bonds is 7. The maximum atomic E-state index is 13.3. The molecule has 32 heavy (non-hydrogen) atoms. The molecule has 2 aromatic rings. The minimum atomic E-state index is -0.107. The summed E-state index contributed by atoms with van der Waals surface area (Å²) in [6.45, 7) is 0.261. The van der Waals surface area contributed by atoms with E-state index < -0.39 is 0 Å². The fourth-order valence-corrected chi connectivity index (χ4v) is 7.05. The van der Waals surface area contributed by atoms with E-state index in [0.717, 1.165) is 53.9 Å². The molecule has 0 amide bonds. The molecule has 4 aliphatic rings. The topological polar surface area (TPSA) is 35.5 Å². The molecule has 0 aliphatic heterocycles. The van der Waals surface area contributed by atoms with Gasteiger partial charge in [-0.3, -0.25) is 4.79 Å². The molecule has 0 aromatic heterocycles. The van der Waals surface area contributed by atoms with Gasteiger partial charge in [0, 0.05) is 11.0 Å². The molecule has 4 aliphatic carbocycles. The van der Waals surface area contributed by atoms with Gasteiger partial charge in [-0.25, -0.2) is 0 Å². The van der Waals surface area contributed by atoms with Crippen molar-refractivity contribution >= 4 is 35.1 Å². The lowest BCUT2D eigenvalue weighted by molar-refractivity contribution is -0.138. The number of allylic oxidation sites excluding steroid dienone is 1. The van der Waals surface area contributed by atoms with Crippen molar-refractivity contribution in [2.75, 3.05) is 7.11 Å². The summed E-state index contributed by atoms with van der Waals surface area (Å²) in [6.07, 6.45) is 11.0. The van der Waals surface area contributed by atoms with Crippen LogP contribution in [0.5, 0.6) is 11.5 Å². The van der Waals surface area contributed by atoms with Crippen LogP contribution in [0.25, 0.3) is 6.08 Å². The molecule has 0 radical (unpaired) electrons. The van der Waals surface area contributed by atoms with Crippen molar-refractivity contribution in [1.82, 2.24) is 0 Å². The average molecular weight is 471 g/mol. The summed E-state index contributed by atoms with van der Waals surface area (Å²) in [5.41, 5.74) is 1.71. The third-order valence-corrected chi connectivity index (χ3v) is 8.18. The second-order valence-corrected chi connectivity index (χ2v) is 10.6. The molecule has 168 valence electrons. The van der Waals surface area contributed by atoms with E-state index in [4.69, 9.17) is 32.7 Å². The van der Waals surface area contributed by atoms with Crippen molar-refractivity contribution in [3.05, 3.63) is 63.6 Å². The zero-order chi connectivity index (χ0) is 22.3. The van der Waals surface area contributed by atoms with Crippen molar-refractivity contribution in [2.45, 2.75) is 45.1 Å². The number of ketones is 1. The van der Waals surface area contributed by atoms with E-state index >= 15 is 0 Å². The number of para-hydroxylation sites is 1. The van der Waals surface area contributed by atoms with Crippen LogP contribution in [0.4, 0.5) is 0 Å². The van der Waals surface area contributed by atoms with Gasteiger partial charge in [-0.1, -0.05) is 41.4 Å². The highest BCUT2D eigenvalue weighted by Crippen LogP contribution is 2.60. The number of carbonyl (C=O) groups excluding carboxylic acids is 1. The van der Waals surface area contributed by atoms with E-state index in [9.17, 15) is 4.79 Å². The normalized spacial score (nSPS) is 28.3. The highest BCUT2D eigenvalue weighted by molar-refractivity contribution is 6.37. The first-order valence-electron chi connectivity index (χ1n) is 11.4. The Morgan fingerprint density at radius 1 is 1.03 bits per heavy atom. The molecule has 0 atom stereocenters. The fourth-order valence-electron chi connectivity index (χ4n) is 6.55. The summed E-state index contributed by atoms with van der Waals surface area (Å²) in [7, 11) is 1.63. The molecule has 4 bridgehead atoms. The van der Waals surface area contributed by atoms with Crippen LogP contribution >= 0.6 is 23.2 Å². The van der Waals surface area contributed by atoms with Gasteiger partial charge in [0.2, 0.25) is 0 Å². The van der Waals surface area contributed by atoms with Gasteiger partial charge in [0.25, 0.3) is 0 Å². The molecule has 0 N–H and O–H groups in total. The van der Waals surface area contributed by atoms with Crippen molar-refractivity contribution in [3.8, 4) is 11.5 Å². The first-order chi connectivity index (χ1) is 15.5. The van der Waals surface area contributed by atoms with E-state index in [2.05, 4.69) is 0 Å². The van der Waals surface area contributed by atoms with Crippen LogP contribution in [0.2, 0.25) is 10.0 Å². The number of hydrogen-bond acceptors (Lipinski definition) is 3. The Balaban J connectivity index is 1.32. The van der Waals surface area contributed by atoms with Crippen molar-refractivity contribution < 1.29 is 14.3 Å². The quantitative estimate of drug-likeness (QED) is 0.395. The Morgan fingerprint density at radius 2 is 1.66 bits per heavy atom. The predicted molar refractivity (Wildman–Crippen MR) is 128 cm³/mol. The Bertz CT molecular complexity index is 1000. The van der Waals surface area contributed by atoms with E-state index in [1.165, 1.54) is 19.3 Å². The Kier molecular flexibility index (Phi) is 5.98. The summed E-state index contributed by atoms with van der Waals surface area (Å²) in [4.78, 5) is 13.3. The minimum absolute atomic E-state index is 0.107. The summed E-state index contributed by atoms with van der Waals surface area (Å²) in [5, 5.41) is 0.933. The van der Waals surface area contributed by atoms with Gasteiger partial charge in [-0.05, 0) is 92.2 Å². The molecule has 6 rings (SSSR count). The van der Waals surface area contributed by atoms with Crippen LogP contribution in [0.15, 0.2) is 42.5 Å². The van der Waals surface area contributed by atoms with Gasteiger partial charge in [0.05, 0.1) is 17.2 Å². The van der Waals surface area contributed by atoms with Gasteiger partial charge < -0.3 is 9.47 Å². The number of hydrogen-bond donors (Lipinski definition) is 0. The van der Waals surface area contributed by atoms with Crippen LogP contribution in [0, 0.1) is 23.2 Å². The molecule has 3 nitrogen and oxygen atoms in total. The van der Waals surface area contributed by atoms with E-state index in [1.54, 1.807) is 25.3 Å².